The highest BCUT2D eigenvalue weighted by molar-refractivity contribution is 7.11. The largest absolute Gasteiger partial charge is 0.347 e. The zero-order chi connectivity index (χ0) is 10.7. The van der Waals surface area contributed by atoms with Gasteiger partial charge in [0.15, 0.2) is 0 Å². The Kier molecular flexibility index (Phi) is 3.18. The van der Waals surface area contributed by atoms with Crippen LogP contribution in [0.2, 0.25) is 0 Å². The Morgan fingerprint density at radius 1 is 1.47 bits per heavy atom. The van der Waals surface area contributed by atoms with E-state index in [0.717, 1.165) is 18.7 Å². The molecule has 1 unspecified atom stereocenters. The summed E-state index contributed by atoms with van der Waals surface area (Å²) < 4.78 is 0. The van der Waals surface area contributed by atoms with Gasteiger partial charge >= 0.3 is 0 Å². The maximum Gasteiger partial charge on any atom is 0.123 e. The van der Waals surface area contributed by atoms with E-state index in [9.17, 15) is 0 Å². The summed E-state index contributed by atoms with van der Waals surface area (Å²) in [6, 6.07) is 4.31. The van der Waals surface area contributed by atoms with E-state index in [4.69, 9.17) is 5.73 Å². The Morgan fingerprint density at radius 2 is 2.27 bits per heavy atom. The van der Waals surface area contributed by atoms with Gasteiger partial charge in [-0.3, -0.25) is 0 Å². The molecule has 2 heterocycles. The molecule has 3 N–H and O–H groups in total. The van der Waals surface area contributed by atoms with Crippen molar-refractivity contribution in [1.29, 1.82) is 0 Å². The fraction of sp³-hybridized carbons (Fsp3) is 0.364. The Labute approximate surface area is 93.4 Å². The van der Waals surface area contributed by atoms with Crippen LogP contribution in [0.4, 0.5) is 0 Å². The third-order valence-corrected chi connectivity index (χ3v) is 3.61. The van der Waals surface area contributed by atoms with Gasteiger partial charge in [-0.2, -0.15) is 0 Å². The first-order valence-corrected chi connectivity index (χ1v) is 5.93. The number of nitrogens with two attached hydrogens (primary N) is 1. The number of imidazole rings is 1. The fourth-order valence-electron chi connectivity index (χ4n) is 1.52. The predicted octanol–water partition coefficient (Wildman–Crippen LogP) is 2.28. The third-order valence-electron chi connectivity index (χ3n) is 2.36. The Balaban J connectivity index is 2.02. The van der Waals surface area contributed by atoms with Gasteiger partial charge in [-0.15, -0.1) is 11.3 Å². The van der Waals surface area contributed by atoms with Gasteiger partial charge in [-0.1, -0.05) is 6.92 Å². The van der Waals surface area contributed by atoms with E-state index < -0.39 is 0 Å². The molecule has 0 spiro atoms. The van der Waals surface area contributed by atoms with Crippen LogP contribution in [0, 0.1) is 0 Å². The lowest BCUT2D eigenvalue weighted by atomic mass is 10.2. The summed E-state index contributed by atoms with van der Waals surface area (Å²) in [7, 11) is 0. The zero-order valence-corrected chi connectivity index (χ0v) is 9.55. The van der Waals surface area contributed by atoms with Crippen molar-refractivity contribution >= 4 is 11.3 Å². The smallest absolute Gasteiger partial charge is 0.123 e. The number of aryl methyl sites for hydroxylation is 1. The first-order valence-electron chi connectivity index (χ1n) is 5.12. The van der Waals surface area contributed by atoms with Gasteiger partial charge in [0.05, 0.1) is 6.04 Å². The van der Waals surface area contributed by atoms with Crippen LogP contribution in [0.3, 0.4) is 0 Å². The maximum absolute atomic E-state index is 6.04. The molecule has 2 rings (SSSR count). The molecule has 0 aliphatic rings. The van der Waals surface area contributed by atoms with Crippen LogP contribution in [0.15, 0.2) is 24.5 Å². The van der Waals surface area contributed by atoms with E-state index in [1.165, 1.54) is 9.75 Å². The summed E-state index contributed by atoms with van der Waals surface area (Å²) in [5, 5.41) is 0. The molecule has 0 aromatic carbocycles. The number of hydrogen-bond acceptors (Lipinski definition) is 3. The van der Waals surface area contributed by atoms with Crippen molar-refractivity contribution in [3.63, 3.8) is 0 Å². The van der Waals surface area contributed by atoms with E-state index in [2.05, 4.69) is 29.0 Å². The molecule has 4 heteroatoms. The summed E-state index contributed by atoms with van der Waals surface area (Å²) in [6.07, 6.45) is 5.50. The van der Waals surface area contributed by atoms with Gasteiger partial charge in [0.1, 0.15) is 5.82 Å². The summed E-state index contributed by atoms with van der Waals surface area (Å²) in [5.74, 6) is 0.862. The van der Waals surface area contributed by atoms with Crippen LogP contribution in [-0.4, -0.2) is 9.97 Å². The summed E-state index contributed by atoms with van der Waals surface area (Å²) in [6.45, 7) is 2.17. The fourth-order valence-corrected chi connectivity index (χ4v) is 2.53. The van der Waals surface area contributed by atoms with Gasteiger partial charge in [-0.25, -0.2) is 4.98 Å². The Bertz CT molecular complexity index is 405. The summed E-state index contributed by atoms with van der Waals surface area (Å²) >= 11 is 1.84. The minimum absolute atomic E-state index is 0.0247. The predicted molar refractivity (Wildman–Crippen MR) is 62.9 cm³/mol. The summed E-state index contributed by atoms with van der Waals surface area (Å²) in [4.78, 5) is 9.95. The number of nitrogens with zero attached hydrogens (tertiary/aromatic N) is 1. The molecule has 2 aromatic rings. The van der Waals surface area contributed by atoms with Crippen LogP contribution in [0.25, 0.3) is 0 Å². The van der Waals surface area contributed by atoms with Crippen LogP contribution in [0.1, 0.15) is 28.5 Å². The van der Waals surface area contributed by atoms with Crippen LogP contribution >= 0.6 is 11.3 Å². The minimum atomic E-state index is -0.0247. The number of H-pyrrole nitrogens is 1. The monoisotopic (exact) mass is 221 g/mol. The molecule has 15 heavy (non-hydrogen) atoms. The van der Waals surface area contributed by atoms with E-state index in [1.54, 1.807) is 12.4 Å². The van der Waals surface area contributed by atoms with Gasteiger partial charge in [0.2, 0.25) is 0 Å². The normalized spacial score (nSPS) is 12.9. The number of aromatic nitrogens is 2. The second kappa shape index (κ2) is 4.59. The average molecular weight is 221 g/mol. The first kappa shape index (κ1) is 10.4. The second-order valence-electron chi connectivity index (χ2n) is 3.51. The third kappa shape index (κ3) is 2.46. The molecule has 1 atom stereocenters. The highest BCUT2D eigenvalue weighted by Gasteiger charge is 2.10. The van der Waals surface area contributed by atoms with Gasteiger partial charge in [0, 0.05) is 28.6 Å². The Hall–Kier alpha value is -1.13. The van der Waals surface area contributed by atoms with E-state index >= 15 is 0 Å². The average Bonchev–Trinajstić information content (AvgIpc) is 2.87. The molecule has 3 nitrogen and oxygen atoms in total. The van der Waals surface area contributed by atoms with Crippen molar-refractivity contribution in [2.75, 3.05) is 0 Å². The van der Waals surface area contributed by atoms with Gasteiger partial charge < -0.3 is 10.7 Å². The molecule has 0 bridgehead atoms. The van der Waals surface area contributed by atoms with Crippen molar-refractivity contribution in [2.24, 2.45) is 5.73 Å². The van der Waals surface area contributed by atoms with Crippen LogP contribution in [0.5, 0.6) is 0 Å². The maximum atomic E-state index is 6.04. The number of thiophene rings is 1. The standard InChI is InChI=1S/C11H15N3S/c1-2-8-3-4-9(15-8)7-10(12)11-13-5-6-14-11/h3-6,10H,2,7,12H2,1H3,(H,13,14). The van der Waals surface area contributed by atoms with Crippen molar-refractivity contribution < 1.29 is 0 Å². The molecular formula is C11H15N3S. The zero-order valence-electron chi connectivity index (χ0n) is 8.73. The van der Waals surface area contributed by atoms with Crippen molar-refractivity contribution in [3.05, 3.63) is 40.1 Å². The van der Waals surface area contributed by atoms with Crippen molar-refractivity contribution in [2.45, 2.75) is 25.8 Å². The van der Waals surface area contributed by atoms with E-state index in [0.29, 0.717) is 0 Å². The molecule has 0 saturated heterocycles. The number of hydrogen-bond donors (Lipinski definition) is 2. The number of nitrogens with one attached hydrogen (secondary N) is 1. The molecular weight excluding hydrogens is 206 g/mol. The quantitative estimate of drug-likeness (QED) is 0.832. The SMILES string of the molecule is CCc1ccc(CC(N)c2ncc[nH]2)s1. The highest BCUT2D eigenvalue weighted by atomic mass is 32.1. The van der Waals surface area contributed by atoms with Gasteiger partial charge in [-0.05, 0) is 18.6 Å². The lowest BCUT2D eigenvalue weighted by Gasteiger charge is -2.06. The molecule has 80 valence electrons. The molecule has 0 saturated carbocycles. The highest BCUT2D eigenvalue weighted by Crippen LogP contribution is 2.21. The molecule has 0 fully saturated rings. The van der Waals surface area contributed by atoms with Crippen molar-refractivity contribution in [3.8, 4) is 0 Å². The number of aromatic amines is 1. The van der Waals surface area contributed by atoms with E-state index in [-0.39, 0.29) is 6.04 Å². The van der Waals surface area contributed by atoms with Gasteiger partial charge in [0.25, 0.3) is 0 Å². The number of rotatable bonds is 4. The lowest BCUT2D eigenvalue weighted by Crippen LogP contribution is -2.14. The Morgan fingerprint density at radius 3 is 2.87 bits per heavy atom. The summed E-state index contributed by atoms with van der Waals surface area (Å²) in [5.41, 5.74) is 6.04. The van der Waals surface area contributed by atoms with Crippen molar-refractivity contribution in [1.82, 2.24) is 9.97 Å². The van der Waals surface area contributed by atoms with E-state index in [1.807, 2.05) is 11.3 Å². The molecule has 0 aliphatic heterocycles. The van der Waals surface area contributed by atoms with Crippen LogP contribution in [-0.2, 0) is 12.8 Å². The topological polar surface area (TPSA) is 54.7 Å². The molecule has 0 amide bonds. The molecule has 0 aliphatic carbocycles. The minimum Gasteiger partial charge on any atom is -0.347 e. The molecule has 2 aromatic heterocycles. The first-order chi connectivity index (χ1) is 7.29. The second-order valence-corrected chi connectivity index (χ2v) is 4.76. The molecule has 0 radical (unpaired) electrons. The van der Waals surface area contributed by atoms with Crippen LogP contribution < -0.4 is 5.73 Å². The lowest BCUT2D eigenvalue weighted by molar-refractivity contribution is 0.684.